The molecule has 8 atom stereocenters. The van der Waals surface area contributed by atoms with E-state index in [-0.39, 0.29) is 17.6 Å². The molecule has 0 aromatic carbocycles. The number of Topliss-reactive ketones (excluding diaryl/α,β-unsaturated/α-hetero) is 1. The molecule has 0 spiro atoms. The van der Waals surface area contributed by atoms with Crippen molar-refractivity contribution in [3.63, 3.8) is 0 Å². The van der Waals surface area contributed by atoms with Crippen LogP contribution in [0.3, 0.4) is 0 Å². The van der Waals surface area contributed by atoms with Crippen molar-refractivity contribution in [1.29, 1.82) is 0 Å². The second-order valence-electron chi connectivity index (χ2n) is 11.2. The van der Waals surface area contributed by atoms with E-state index in [4.69, 9.17) is 0 Å². The molecule has 0 aromatic heterocycles. The van der Waals surface area contributed by atoms with Crippen molar-refractivity contribution in [2.45, 2.75) is 90.2 Å². The summed E-state index contributed by atoms with van der Waals surface area (Å²) in [6.45, 7) is 6.03. The van der Waals surface area contributed by atoms with E-state index in [1.54, 1.807) is 0 Å². The molecule has 2 aliphatic heterocycles. The highest BCUT2D eigenvalue weighted by Gasteiger charge is 2.62. The van der Waals surface area contributed by atoms with Crippen LogP contribution in [0.4, 0.5) is 0 Å². The van der Waals surface area contributed by atoms with Crippen LogP contribution in [0.5, 0.6) is 0 Å². The van der Waals surface area contributed by atoms with E-state index < -0.39 is 0 Å². The van der Waals surface area contributed by atoms with Gasteiger partial charge in [0.15, 0.2) is 5.78 Å². The van der Waals surface area contributed by atoms with Gasteiger partial charge >= 0.3 is 0 Å². The second kappa shape index (κ2) is 5.40. The zero-order valence-electron chi connectivity index (χ0n) is 17.0. The standard InChI is InChI=1S/C24H35NO2/c1-23-12-10-18-21(22(27)19-4-3-13-25(18)19)17(23)6-5-14-15-7-8-20(26)24(15,2)11-9-16(14)23/h14-17,19-20,26H,3-13H2,1-2H3/t14-,15-,16-,17+,19?,20-,23+,24-/m0/s1. The number of fused-ring (bicyclic) bond motifs is 8. The van der Waals surface area contributed by atoms with E-state index in [0.717, 1.165) is 37.6 Å². The van der Waals surface area contributed by atoms with Crippen LogP contribution in [-0.2, 0) is 4.79 Å². The fourth-order valence-corrected chi connectivity index (χ4v) is 9.14. The molecule has 1 unspecified atom stereocenters. The molecule has 6 aliphatic rings. The minimum atomic E-state index is -0.0850. The maximum atomic E-state index is 13.3. The Morgan fingerprint density at radius 2 is 1.78 bits per heavy atom. The zero-order chi connectivity index (χ0) is 18.6. The number of hydrogen-bond donors (Lipinski definition) is 1. The number of hydrogen-bond acceptors (Lipinski definition) is 3. The number of rotatable bonds is 0. The molecular weight excluding hydrogens is 334 g/mol. The van der Waals surface area contributed by atoms with Gasteiger partial charge in [0.25, 0.3) is 0 Å². The molecule has 0 radical (unpaired) electrons. The Labute approximate surface area is 163 Å². The molecule has 1 N–H and O–H groups in total. The Morgan fingerprint density at radius 1 is 0.963 bits per heavy atom. The summed E-state index contributed by atoms with van der Waals surface area (Å²) in [5.74, 6) is 3.27. The average molecular weight is 370 g/mol. The van der Waals surface area contributed by atoms with Crippen molar-refractivity contribution in [1.82, 2.24) is 4.90 Å². The van der Waals surface area contributed by atoms with Gasteiger partial charge in [-0.05, 0) is 98.7 Å². The van der Waals surface area contributed by atoms with Gasteiger partial charge in [-0.1, -0.05) is 13.8 Å². The first-order valence-electron chi connectivity index (χ1n) is 11.7. The molecular formula is C24H35NO2. The van der Waals surface area contributed by atoms with Gasteiger partial charge in [-0.25, -0.2) is 0 Å². The molecule has 1 saturated heterocycles. The summed E-state index contributed by atoms with van der Waals surface area (Å²) in [4.78, 5) is 15.8. The van der Waals surface area contributed by atoms with Gasteiger partial charge in [0.1, 0.15) is 0 Å². The maximum absolute atomic E-state index is 13.3. The molecule has 3 saturated carbocycles. The van der Waals surface area contributed by atoms with Crippen molar-refractivity contribution in [3.05, 3.63) is 11.3 Å². The van der Waals surface area contributed by atoms with Gasteiger partial charge in [-0.2, -0.15) is 0 Å². The van der Waals surface area contributed by atoms with Gasteiger partial charge < -0.3 is 10.0 Å². The van der Waals surface area contributed by atoms with Crippen LogP contribution in [0.1, 0.15) is 78.1 Å². The minimum Gasteiger partial charge on any atom is -0.393 e. The first kappa shape index (κ1) is 17.1. The third-order valence-corrected chi connectivity index (χ3v) is 10.5. The predicted octanol–water partition coefficient (Wildman–Crippen LogP) is 4.30. The highest BCUT2D eigenvalue weighted by molar-refractivity contribution is 6.03. The van der Waals surface area contributed by atoms with Gasteiger partial charge in [0.05, 0.1) is 12.1 Å². The molecule has 0 aromatic rings. The smallest absolute Gasteiger partial charge is 0.183 e. The summed E-state index contributed by atoms with van der Waals surface area (Å²) in [6, 6.07) is 0.203. The van der Waals surface area contributed by atoms with Crippen LogP contribution in [-0.4, -0.2) is 34.5 Å². The van der Waals surface area contributed by atoms with Crippen molar-refractivity contribution < 1.29 is 9.90 Å². The Morgan fingerprint density at radius 3 is 2.63 bits per heavy atom. The summed E-state index contributed by atoms with van der Waals surface area (Å²) in [7, 11) is 0. The predicted molar refractivity (Wildman–Crippen MR) is 105 cm³/mol. The first-order valence-corrected chi connectivity index (χ1v) is 11.7. The molecule has 0 amide bonds. The molecule has 3 heteroatoms. The van der Waals surface area contributed by atoms with E-state index in [0.29, 0.717) is 23.0 Å². The van der Waals surface area contributed by atoms with Crippen LogP contribution in [0.2, 0.25) is 0 Å². The maximum Gasteiger partial charge on any atom is 0.183 e. The van der Waals surface area contributed by atoms with Gasteiger partial charge in [0.2, 0.25) is 0 Å². The molecule has 148 valence electrons. The summed E-state index contributed by atoms with van der Waals surface area (Å²) >= 11 is 0. The fraction of sp³-hybridized carbons (Fsp3) is 0.875. The van der Waals surface area contributed by atoms with Gasteiger partial charge in [0, 0.05) is 17.8 Å². The third kappa shape index (κ3) is 1.95. The summed E-state index contributed by atoms with van der Waals surface area (Å²) in [5.41, 5.74) is 3.22. The number of carbonyl (C=O) groups excluding carboxylic acids is 1. The topological polar surface area (TPSA) is 40.5 Å². The van der Waals surface area contributed by atoms with Crippen molar-refractivity contribution >= 4 is 5.78 Å². The third-order valence-electron chi connectivity index (χ3n) is 10.5. The lowest BCUT2D eigenvalue weighted by molar-refractivity contribution is -0.123. The monoisotopic (exact) mass is 369 g/mol. The Balaban J connectivity index is 1.36. The number of aliphatic hydroxyl groups is 1. The van der Waals surface area contributed by atoms with Crippen LogP contribution >= 0.6 is 0 Å². The lowest BCUT2D eigenvalue weighted by atomic mass is 9.45. The first-order chi connectivity index (χ1) is 12.9. The highest BCUT2D eigenvalue weighted by Crippen LogP contribution is 2.67. The number of nitrogens with zero attached hydrogens (tertiary/aromatic N) is 1. The fourth-order valence-electron chi connectivity index (χ4n) is 9.14. The van der Waals surface area contributed by atoms with E-state index in [1.165, 1.54) is 56.2 Å². The largest absolute Gasteiger partial charge is 0.393 e. The molecule has 0 bridgehead atoms. The Kier molecular flexibility index (Phi) is 3.41. The van der Waals surface area contributed by atoms with E-state index in [9.17, 15) is 9.90 Å². The van der Waals surface area contributed by atoms with E-state index >= 15 is 0 Å². The summed E-state index contributed by atoms with van der Waals surface area (Å²) < 4.78 is 0. The molecule has 4 aliphatic carbocycles. The number of allylic oxidation sites excluding steroid dienone is 1. The molecule has 3 nitrogen and oxygen atoms in total. The molecule has 2 heterocycles. The Bertz CT molecular complexity index is 728. The quantitative estimate of drug-likeness (QED) is 0.692. The van der Waals surface area contributed by atoms with Crippen LogP contribution < -0.4 is 0 Å². The average Bonchev–Trinajstić information content (AvgIpc) is 3.31. The van der Waals surface area contributed by atoms with Crippen LogP contribution in [0.25, 0.3) is 0 Å². The van der Waals surface area contributed by atoms with Crippen molar-refractivity contribution in [2.75, 3.05) is 6.54 Å². The minimum absolute atomic E-state index is 0.0850. The molecule has 4 fully saturated rings. The van der Waals surface area contributed by atoms with Crippen molar-refractivity contribution in [2.24, 2.45) is 34.5 Å². The molecule has 27 heavy (non-hydrogen) atoms. The van der Waals surface area contributed by atoms with Crippen LogP contribution in [0, 0.1) is 34.5 Å². The normalized spacial score (nSPS) is 53.7. The summed E-state index contributed by atoms with van der Waals surface area (Å²) in [5, 5.41) is 10.7. The van der Waals surface area contributed by atoms with Gasteiger partial charge in [-0.15, -0.1) is 0 Å². The number of ketones is 1. The highest BCUT2D eigenvalue weighted by atomic mass is 16.3. The van der Waals surface area contributed by atoms with Crippen molar-refractivity contribution in [3.8, 4) is 0 Å². The van der Waals surface area contributed by atoms with Gasteiger partial charge in [-0.3, -0.25) is 4.79 Å². The Hall–Kier alpha value is -0.830. The zero-order valence-corrected chi connectivity index (χ0v) is 17.0. The number of carbonyl (C=O) groups is 1. The second-order valence-corrected chi connectivity index (χ2v) is 11.2. The SMILES string of the molecule is C[C@]12CCC3=C(C(=O)C4CCCN34)[C@H]1CC[C@@H]1[C@@H]2CC[C@]2(C)[C@@H](O)CC[C@@H]12. The van der Waals surface area contributed by atoms with E-state index in [2.05, 4.69) is 18.7 Å². The number of aliphatic hydroxyl groups excluding tert-OH is 1. The van der Waals surface area contributed by atoms with Crippen LogP contribution in [0.15, 0.2) is 11.3 Å². The lowest BCUT2D eigenvalue weighted by Crippen LogP contribution is -2.54. The molecule has 6 rings (SSSR count). The summed E-state index contributed by atoms with van der Waals surface area (Å²) in [6.07, 6.45) is 11.8. The van der Waals surface area contributed by atoms with E-state index in [1.807, 2.05) is 0 Å². The lowest BCUT2D eigenvalue weighted by Gasteiger charge is -2.60.